The molecule has 0 atom stereocenters. The molecule has 0 aliphatic heterocycles. The van der Waals surface area contributed by atoms with Gasteiger partial charge in [0, 0.05) is 29.7 Å². The molecule has 2 heterocycles. The predicted octanol–water partition coefficient (Wildman–Crippen LogP) is 5.32. The van der Waals surface area contributed by atoms with Crippen molar-refractivity contribution in [3.63, 3.8) is 0 Å². The van der Waals surface area contributed by atoms with Gasteiger partial charge >= 0.3 is 0 Å². The molecule has 0 saturated heterocycles. The Bertz CT molecular complexity index is 984. The van der Waals surface area contributed by atoms with Crippen LogP contribution >= 0.6 is 0 Å². The van der Waals surface area contributed by atoms with Crippen molar-refractivity contribution in [3.05, 3.63) is 66.6 Å². The molecule has 2 aliphatic rings. The smallest absolute Gasteiger partial charge is 0.230 e. The van der Waals surface area contributed by atoms with Crippen molar-refractivity contribution in [3.8, 4) is 0 Å². The van der Waals surface area contributed by atoms with E-state index in [4.69, 9.17) is 0 Å². The van der Waals surface area contributed by atoms with Gasteiger partial charge in [-0.1, -0.05) is 18.2 Å². The third-order valence-corrected chi connectivity index (χ3v) is 6.80. The highest BCUT2D eigenvalue weighted by Crippen LogP contribution is 2.58. The monoisotopic (exact) mass is 371 g/mol. The lowest BCUT2D eigenvalue weighted by molar-refractivity contribution is -0.123. The molecule has 0 spiro atoms. The number of aromatic nitrogens is 2. The van der Waals surface area contributed by atoms with Gasteiger partial charge in [0.15, 0.2) is 0 Å². The maximum atomic E-state index is 13.0. The van der Waals surface area contributed by atoms with Gasteiger partial charge in [-0.2, -0.15) is 0 Å². The Morgan fingerprint density at radius 2 is 1.75 bits per heavy atom. The number of benzene rings is 1. The molecule has 3 aromatic rings. The van der Waals surface area contributed by atoms with Crippen LogP contribution in [0.4, 0.5) is 5.69 Å². The highest BCUT2D eigenvalue weighted by molar-refractivity contribution is 5.97. The summed E-state index contributed by atoms with van der Waals surface area (Å²) in [5.74, 6) is 1.26. The zero-order valence-corrected chi connectivity index (χ0v) is 16.0. The fraction of sp³-hybridized carbons (Fsp3) is 0.375. The van der Waals surface area contributed by atoms with Crippen molar-refractivity contribution in [1.82, 2.24) is 9.97 Å². The molecule has 2 aliphatic carbocycles. The van der Waals surface area contributed by atoms with Gasteiger partial charge in [0.1, 0.15) is 0 Å². The number of anilines is 1. The van der Waals surface area contributed by atoms with Crippen LogP contribution in [0.3, 0.4) is 0 Å². The second-order valence-electron chi connectivity index (χ2n) is 8.32. The second kappa shape index (κ2) is 7.01. The van der Waals surface area contributed by atoms with E-state index in [1.165, 1.54) is 10.9 Å². The van der Waals surface area contributed by atoms with E-state index in [9.17, 15) is 4.79 Å². The highest BCUT2D eigenvalue weighted by atomic mass is 16.2. The van der Waals surface area contributed by atoms with Crippen LogP contribution in [0, 0.1) is 11.3 Å². The molecule has 4 nitrogen and oxygen atoms in total. The maximum absolute atomic E-state index is 13.0. The number of hydrogen-bond acceptors (Lipinski definition) is 3. The first-order valence-electron chi connectivity index (χ1n) is 10.3. The fourth-order valence-electron chi connectivity index (χ4n) is 5.06. The zero-order valence-electron chi connectivity index (χ0n) is 16.0. The Balaban J connectivity index is 1.29. The van der Waals surface area contributed by atoms with E-state index in [0.29, 0.717) is 11.8 Å². The molecule has 1 N–H and O–H groups in total. The summed E-state index contributed by atoms with van der Waals surface area (Å²) in [6.45, 7) is 0. The van der Waals surface area contributed by atoms with Gasteiger partial charge in [-0.3, -0.25) is 14.8 Å². The Morgan fingerprint density at radius 3 is 2.50 bits per heavy atom. The van der Waals surface area contributed by atoms with Crippen molar-refractivity contribution in [2.24, 2.45) is 11.3 Å². The van der Waals surface area contributed by atoms with Crippen LogP contribution < -0.4 is 5.32 Å². The first kappa shape index (κ1) is 17.4. The molecule has 2 fully saturated rings. The summed E-state index contributed by atoms with van der Waals surface area (Å²) in [7, 11) is 0. The van der Waals surface area contributed by atoms with E-state index < -0.39 is 0 Å². The summed E-state index contributed by atoms with van der Waals surface area (Å²) in [5, 5.41) is 4.33. The molecular weight excluding hydrogens is 346 g/mol. The van der Waals surface area contributed by atoms with Crippen molar-refractivity contribution >= 4 is 22.5 Å². The Kier molecular flexibility index (Phi) is 4.34. The van der Waals surface area contributed by atoms with E-state index in [-0.39, 0.29) is 11.3 Å². The number of fused-ring (bicyclic) bond motifs is 1. The molecule has 0 bridgehead atoms. The normalized spacial score (nSPS) is 23.3. The number of hydrogen-bond donors (Lipinski definition) is 1. The summed E-state index contributed by atoms with van der Waals surface area (Å²) in [5.41, 5.74) is 3.16. The Hall–Kier alpha value is -2.75. The van der Waals surface area contributed by atoms with Crippen LogP contribution in [0.5, 0.6) is 0 Å². The maximum Gasteiger partial charge on any atom is 0.230 e. The molecule has 142 valence electrons. The quantitative estimate of drug-likeness (QED) is 0.675. The van der Waals surface area contributed by atoms with Gasteiger partial charge in [-0.25, -0.2) is 0 Å². The van der Waals surface area contributed by atoms with Gasteiger partial charge in [0.25, 0.3) is 0 Å². The first-order valence-corrected chi connectivity index (χ1v) is 10.3. The molecule has 1 aromatic carbocycles. The van der Waals surface area contributed by atoms with Gasteiger partial charge in [0.05, 0.1) is 10.9 Å². The molecule has 4 heteroatoms. The SMILES string of the molecule is O=C(Nc1ccccc1)C1(C2CCC(c3ccnc4ccncc34)CC2)CC1. The Labute approximate surface area is 165 Å². The number of amides is 1. The minimum absolute atomic E-state index is 0.136. The lowest BCUT2D eigenvalue weighted by Gasteiger charge is -2.34. The molecule has 2 saturated carbocycles. The number of nitrogens with one attached hydrogen (secondary N) is 1. The average Bonchev–Trinajstić information content (AvgIpc) is 3.56. The third kappa shape index (κ3) is 3.07. The van der Waals surface area contributed by atoms with E-state index in [2.05, 4.69) is 21.4 Å². The van der Waals surface area contributed by atoms with Crippen LogP contribution in [-0.4, -0.2) is 15.9 Å². The van der Waals surface area contributed by atoms with Crippen molar-refractivity contribution in [1.29, 1.82) is 0 Å². The van der Waals surface area contributed by atoms with Crippen molar-refractivity contribution < 1.29 is 4.79 Å². The molecule has 2 aromatic heterocycles. The Morgan fingerprint density at radius 1 is 0.964 bits per heavy atom. The first-order chi connectivity index (χ1) is 13.8. The molecular formula is C24H25N3O. The molecule has 1 amide bonds. The van der Waals surface area contributed by atoms with Crippen LogP contribution in [-0.2, 0) is 4.79 Å². The third-order valence-electron chi connectivity index (χ3n) is 6.80. The van der Waals surface area contributed by atoms with Gasteiger partial charge < -0.3 is 5.32 Å². The lowest BCUT2D eigenvalue weighted by Crippen LogP contribution is -2.33. The predicted molar refractivity (Wildman–Crippen MR) is 111 cm³/mol. The van der Waals surface area contributed by atoms with Crippen LogP contribution in [0.2, 0.25) is 0 Å². The topological polar surface area (TPSA) is 54.9 Å². The van der Waals surface area contributed by atoms with Gasteiger partial charge in [0.2, 0.25) is 5.91 Å². The number of nitrogens with zero attached hydrogens (tertiary/aromatic N) is 2. The van der Waals surface area contributed by atoms with Crippen LogP contribution in [0.25, 0.3) is 10.9 Å². The summed E-state index contributed by atoms with van der Waals surface area (Å²) < 4.78 is 0. The van der Waals surface area contributed by atoms with Crippen LogP contribution in [0.1, 0.15) is 50.0 Å². The van der Waals surface area contributed by atoms with E-state index in [1.54, 1.807) is 6.20 Å². The summed E-state index contributed by atoms with van der Waals surface area (Å²) in [6.07, 6.45) is 12.2. The fourth-order valence-corrected chi connectivity index (χ4v) is 5.06. The average molecular weight is 371 g/mol. The number of carbonyl (C=O) groups is 1. The second-order valence-corrected chi connectivity index (χ2v) is 8.32. The van der Waals surface area contributed by atoms with Crippen molar-refractivity contribution in [2.75, 3.05) is 5.32 Å². The largest absolute Gasteiger partial charge is 0.326 e. The summed E-state index contributed by atoms with van der Waals surface area (Å²) in [4.78, 5) is 21.8. The minimum Gasteiger partial charge on any atom is -0.326 e. The highest BCUT2D eigenvalue weighted by Gasteiger charge is 2.55. The van der Waals surface area contributed by atoms with E-state index >= 15 is 0 Å². The van der Waals surface area contributed by atoms with E-state index in [1.807, 2.05) is 48.8 Å². The molecule has 0 unspecified atom stereocenters. The molecule has 28 heavy (non-hydrogen) atoms. The van der Waals surface area contributed by atoms with Gasteiger partial charge in [-0.05, 0) is 80.2 Å². The van der Waals surface area contributed by atoms with Crippen LogP contribution in [0.15, 0.2) is 61.1 Å². The number of carbonyl (C=O) groups excluding carboxylic acids is 1. The van der Waals surface area contributed by atoms with Gasteiger partial charge in [-0.15, -0.1) is 0 Å². The summed E-state index contributed by atoms with van der Waals surface area (Å²) >= 11 is 0. The number of para-hydroxylation sites is 1. The number of pyridine rings is 2. The van der Waals surface area contributed by atoms with Crippen molar-refractivity contribution in [2.45, 2.75) is 44.4 Å². The minimum atomic E-state index is -0.136. The molecule has 0 radical (unpaired) electrons. The summed E-state index contributed by atoms with van der Waals surface area (Å²) in [6, 6.07) is 14.0. The zero-order chi connectivity index (χ0) is 19.0. The lowest BCUT2D eigenvalue weighted by atomic mass is 9.71. The molecule has 5 rings (SSSR count). The standard InChI is InChI=1S/C24H25N3O/c28-23(27-19-4-2-1-3-5-19)24(12-13-24)18-8-6-17(7-9-18)20-10-15-26-22-11-14-25-16-21(20)22/h1-5,10-11,14-18H,6-9,12-13H2,(H,27,28). The number of rotatable bonds is 4. The van der Waals surface area contributed by atoms with E-state index in [0.717, 1.165) is 49.7 Å².